The zero-order valence-electron chi connectivity index (χ0n) is 11.1. The van der Waals surface area contributed by atoms with E-state index in [9.17, 15) is 4.79 Å². The fraction of sp³-hybridized carbons (Fsp3) is 0. The van der Waals surface area contributed by atoms with Gasteiger partial charge in [0.1, 0.15) is 0 Å². The number of carbonyl (C=O) groups is 1. The summed E-state index contributed by atoms with van der Waals surface area (Å²) >= 11 is 5.81. The molecule has 21 heavy (non-hydrogen) atoms. The van der Waals surface area contributed by atoms with Crippen LogP contribution in [-0.4, -0.2) is 6.03 Å². The summed E-state index contributed by atoms with van der Waals surface area (Å²) in [5.74, 6) is 0. The van der Waals surface area contributed by atoms with Crippen molar-refractivity contribution in [2.45, 2.75) is 0 Å². The first-order valence-electron chi connectivity index (χ1n) is 6.53. The number of halogens is 1. The molecule has 104 valence electrons. The second-order valence-electron chi connectivity index (χ2n) is 4.65. The molecule has 0 heterocycles. The van der Waals surface area contributed by atoms with Crippen molar-refractivity contribution in [1.82, 2.24) is 0 Å². The van der Waals surface area contributed by atoms with E-state index in [1.54, 1.807) is 24.3 Å². The molecule has 4 heteroatoms. The molecule has 0 aliphatic carbocycles. The Bertz CT molecular complexity index is 784. The minimum atomic E-state index is -0.285. The molecule has 0 bridgehead atoms. The average Bonchev–Trinajstić information content (AvgIpc) is 2.49. The minimum absolute atomic E-state index is 0.285. The van der Waals surface area contributed by atoms with E-state index in [0.717, 1.165) is 16.5 Å². The number of amides is 2. The second-order valence-corrected chi connectivity index (χ2v) is 5.08. The van der Waals surface area contributed by atoms with Gasteiger partial charge in [0.05, 0.1) is 0 Å². The van der Waals surface area contributed by atoms with Crippen molar-refractivity contribution >= 4 is 39.8 Å². The van der Waals surface area contributed by atoms with Gasteiger partial charge in [0.25, 0.3) is 0 Å². The van der Waals surface area contributed by atoms with Crippen molar-refractivity contribution in [1.29, 1.82) is 0 Å². The molecule has 2 N–H and O–H groups in total. The van der Waals surface area contributed by atoms with Gasteiger partial charge in [-0.1, -0.05) is 41.9 Å². The van der Waals surface area contributed by atoms with Crippen molar-refractivity contribution in [3.8, 4) is 0 Å². The zero-order valence-corrected chi connectivity index (χ0v) is 11.9. The molecule has 0 aromatic heterocycles. The highest BCUT2D eigenvalue weighted by Gasteiger charge is 2.03. The van der Waals surface area contributed by atoms with Crippen LogP contribution in [0.2, 0.25) is 5.02 Å². The lowest BCUT2D eigenvalue weighted by Crippen LogP contribution is -2.19. The molecule has 3 aromatic carbocycles. The van der Waals surface area contributed by atoms with E-state index < -0.39 is 0 Å². The van der Waals surface area contributed by atoms with Gasteiger partial charge >= 0.3 is 6.03 Å². The van der Waals surface area contributed by atoms with Gasteiger partial charge in [-0.25, -0.2) is 4.79 Å². The Hall–Kier alpha value is -2.52. The molecule has 0 atom stereocenters. The van der Waals surface area contributed by atoms with Crippen molar-refractivity contribution in [3.05, 3.63) is 71.8 Å². The Balaban J connectivity index is 1.72. The van der Waals surface area contributed by atoms with E-state index in [1.807, 2.05) is 42.5 Å². The number of carbonyl (C=O) groups excluding carboxylic acids is 1. The van der Waals surface area contributed by atoms with E-state index in [1.165, 1.54) is 0 Å². The Kier molecular flexibility index (Phi) is 3.75. The molecule has 0 fully saturated rings. The summed E-state index contributed by atoms with van der Waals surface area (Å²) in [6.45, 7) is 0. The number of nitrogens with one attached hydrogen (secondary N) is 2. The van der Waals surface area contributed by atoms with Gasteiger partial charge in [0.15, 0.2) is 0 Å². The zero-order chi connectivity index (χ0) is 14.7. The van der Waals surface area contributed by atoms with Crippen LogP contribution in [0.3, 0.4) is 0 Å². The van der Waals surface area contributed by atoms with Crippen molar-refractivity contribution in [2.75, 3.05) is 10.6 Å². The van der Waals surface area contributed by atoms with Crippen LogP contribution < -0.4 is 10.6 Å². The third kappa shape index (κ3) is 3.33. The first kappa shape index (κ1) is 13.5. The Morgan fingerprint density at radius 2 is 1.38 bits per heavy atom. The molecule has 2 amide bonds. The summed E-state index contributed by atoms with van der Waals surface area (Å²) in [5, 5.41) is 8.43. The van der Waals surface area contributed by atoms with Crippen LogP contribution in [-0.2, 0) is 0 Å². The summed E-state index contributed by atoms with van der Waals surface area (Å²) in [5.41, 5.74) is 1.44. The van der Waals surface area contributed by atoms with Crippen molar-refractivity contribution < 1.29 is 4.79 Å². The summed E-state index contributed by atoms with van der Waals surface area (Å²) < 4.78 is 0. The Morgan fingerprint density at radius 3 is 2.14 bits per heavy atom. The van der Waals surface area contributed by atoms with Gasteiger partial charge in [0, 0.05) is 16.4 Å². The summed E-state index contributed by atoms with van der Waals surface area (Å²) in [4.78, 5) is 11.9. The third-order valence-electron chi connectivity index (χ3n) is 3.11. The fourth-order valence-electron chi connectivity index (χ4n) is 2.09. The van der Waals surface area contributed by atoms with Crippen LogP contribution in [0.4, 0.5) is 16.2 Å². The first-order valence-corrected chi connectivity index (χ1v) is 6.91. The minimum Gasteiger partial charge on any atom is -0.308 e. The first-order chi connectivity index (χ1) is 10.2. The molecule has 0 saturated carbocycles. The van der Waals surface area contributed by atoms with E-state index in [0.29, 0.717) is 10.7 Å². The molecule has 0 unspecified atom stereocenters. The molecule has 0 radical (unpaired) electrons. The predicted octanol–water partition coefficient (Wildman–Crippen LogP) is 5.14. The summed E-state index contributed by atoms with van der Waals surface area (Å²) in [7, 11) is 0. The van der Waals surface area contributed by atoms with E-state index in [-0.39, 0.29) is 6.03 Å². The number of urea groups is 1. The standard InChI is InChI=1S/C17H13ClN2O/c18-14-6-9-15(10-7-14)19-17(21)20-16-8-5-12-3-1-2-4-13(12)11-16/h1-11H,(H2,19,20,21). The number of fused-ring (bicyclic) bond motifs is 1. The molecule has 3 rings (SSSR count). The Morgan fingerprint density at radius 1 is 0.762 bits per heavy atom. The monoisotopic (exact) mass is 296 g/mol. The SMILES string of the molecule is O=C(Nc1ccc(Cl)cc1)Nc1ccc2ccccc2c1. The number of anilines is 2. The quantitative estimate of drug-likeness (QED) is 0.675. The molecule has 0 aliphatic heterocycles. The van der Waals surface area contributed by atoms with Crippen molar-refractivity contribution in [3.63, 3.8) is 0 Å². The fourth-order valence-corrected chi connectivity index (χ4v) is 2.22. The van der Waals surface area contributed by atoms with Crippen LogP contribution in [0.15, 0.2) is 66.7 Å². The highest BCUT2D eigenvalue weighted by molar-refractivity contribution is 6.30. The van der Waals surface area contributed by atoms with E-state index in [4.69, 9.17) is 11.6 Å². The molecule has 3 aromatic rings. The third-order valence-corrected chi connectivity index (χ3v) is 3.36. The van der Waals surface area contributed by atoms with Crippen LogP contribution in [0, 0.1) is 0 Å². The van der Waals surface area contributed by atoms with E-state index >= 15 is 0 Å². The van der Waals surface area contributed by atoms with Gasteiger partial charge in [0.2, 0.25) is 0 Å². The molecule has 0 saturated heterocycles. The topological polar surface area (TPSA) is 41.1 Å². The van der Waals surface area contributed by atoms with Crippen LogP contribution in [0.1, 0.15) is 0 Å². The second kappa shape index (κ2) is 5.85. The molecule has 0 spiro atoms. The summed E-state index contributed by atoms with van der Waals surface area (Å²) in [6.07, 6.45) is 0. The average molecular weight is 297 g/mol. The Labute approximate surface area is 127 Å². The highest BCUT2D eigenvalue weighted by atomic mass is 35.5. The smallest absolute Gasteiger partial charge is 0.308 e. The maximum atomic E-state index is 11.9. The predicted molar refractivity (Wildman–Crippen MR) is 88.0 cm³/mol. The van der Waals surface area contributed by atoms with Gasteiger partial charge in [-0.3, -0.25) is 0 Å². The number of benzene rings is 3. The summed E-state index contributed by atoms with van der Waals surface area (Å²) in [6, 6.07) is 20.5. The number of rotatable bonds is 2. The molecular weight excluding hydrogens is 284 g/mol. The normalized spacial score (nSPS) is 10.3. The maximum Gasteiger partial charge on any atom is 0.323 e. The van der Waals surface area contributed by atoms with Gasteiger partial charge in [-0.2, -0.15) is 0 Å². The molecule has 3 nitrogen and oxygen atoms in total. The van der Waals surface area contributed by atoms with Crippen molar-refractivity contribution in [2.24, 2.45) is 0 Å². The van der Waals surface area contributed by atoms with Gasteiger partial charge < -0.3 is 10.6 Å². The van der Waals surface area contributed by atoms with Crippen LogP contribution in [0.25, 0.3) is 10.8 Å². The van der Waals surface area contributed by atoms with Gasteiger partial charge in [-0.05, 0) is 47.2 Å². The largest absolute Gasteiger partial charge is 0.323 e. The number of hydrogen-bond acceptors (Lipinski definition) is 1. The van der Waals surface area contributed by atoms with Gasteiger partial charge in [-0.15, -0.1) is 0 Å². The molecular formula is C17H13ClN2O. The lowest BCUT2D eigenvalue weighted by molar-refractivity contribution is 0.262. The van der Waals surface area contributed by atoms with Crippen LogP contribution in [0.5, 0.6) is 0 Å². The number of hydrogen-bond donors (Lipinski definition) is 2. The van der Waals surface area contributed by atoms with E-state index in [2.05, 4.69) is 10.6 Å². The highest BCUT2D eigenvalue weighted by Crippen LogP contribution is 2.19. The molecule has 0 aliphatic rings. The van der Waals surface area contributed by atoms with Crippen LogP contribution >= 0.6 is 11.6 Å². The lowest BCUT2D eigenvalue weighted by atomic mass is 10.1. The maximum absolute atomic E-state index is 11.9. The lowest BCUT2D eigenvalue weighted by Gasteiger charge is -2.08.